The molecule has 0 unspecified atom stereocenters. The maximum absolute atomic E-state index is 10.5. The molecule has 62 valence electrons. The van der Waals surface area contributed by atoms with Crippen LogP contribution in [0.4, 0.5) is 0 Å². The molecule has 0 aromatic carbocycles. The number of amides is 1. The van der Waals surface area contributed by atoms with E-state index in [4.69, 9.17) is 5.11 Å². The van der Waals surface area contributed by atoms with Crippen LogP contribution in [0.3, 0.4) is 0 Å². The number of Topliss-reactive ketones (excluding diaryl/α,β-unsaturated/α-hetero) is 1. The number of carboxylic acid groups (broad SMARTS) is 1. The van der Waals surface area contributed by atoms with Crippen LogP contribution in [0.1, 0.15) is 12.8 Å². The highest BCUT2D eigenvalue weighted by Crippen LogP contribution is 1.90. The van der Waals surface area contributed by atoms with E-state index in [9.17, 15) is 14.4 Å². The van der Waals surface area contributed by atoms with Gasteiger partial charge >= 0.3 is 5.97 Å². The average Bonchev–Trinajstić information content (AvgIpc) is 1.99. The van der Waals surface area contributed by atoms with E-state index in [0.29, 0.717) is 0 Å². The molecule has 0 heterocycles. The summed E-state index contributed by atoms with van der Waals surface area (Å²) in [5, 5.41) is 10.4. The van der Waals surface area contributed by atoms with Crippen molar-refractivity contribution in [2.24, 2.45) is 0 Å². The van der Waals surface area contributed by atoms with E-state index in [-0.39, 0.29) is 18.7 Å². The molecular formula is C6H9NO4. The Morgan fingerprint density at radius 3 is 2.18 bits per heavy atom. The predicted molar refractivity (Wildman–Crippen MR) is 35.9 cm³/mol. The third kappa shape index (κ3) is 4.07. The van der Waals surface area contributed by atoms with Crippen LogP contribution in [0.5, 0.6) is 0 Å². The molecule has 0 bridgehead atoms. The molecule has 0 spiro atoms. The predicted octanol–water partition coefficient (Wildman–Crippen LogP) is -0.834. The van der Waals surface area contributed by atoms with Crippen molar-refractivity contribution in [2.45, 2.75) is 12.8 Å². The van der Waals surface area contributed by atoms with E-state index in [1.54, 1.807) is 0 Å². The summed E-state index contributed by atoms with van der Waals surface area (Å²) >= 11 is 0. The highest BCUT2D eigenvalue weighted by molar-refractivity contribution is 6.32. The van der Waals surface area contributed by atoms with Gasteiger partial charge in [0.15, 0.2) is 0 Å². The second-order valence-corrected chi connectivity index (χ2v) is 1.90. The summed E-state index contributed by atoms with van der Waals surface area (Å²) in [4.78, 5) is 30.8. The van der Waals surface area contributed by atoms with Crippen LogP contribution in [-0.2, 0) is 14.4 Å². The Morgan fingerprint density at radius 1 is 1.27 bits per heavy atom. The van der Waals surface area contributed by atoms with Gasteiger partial charge in [-0.3, -0.25) is 9.59 Å². The molecule has 0 aromatic rings. The van der Waals surface area contributed by atoms with E-state index in [1.165, 1.54) is 7.05 Å². The van der Waals surface area contributed by atoms with Gasteiger partial charge in [0.05, 0.1) is 0 Å². The van der Waals surface area contributed by atoms with Crippen molar-refractivity contribution in [3.63, 3.8) is 0 Å². The topological polar surface area (TPSA) is 83.5 Å². The zero-order valence-electron chi connectivity index (χ0n) is 6.09. The number of carbonyl (C=O) groups is 3. The van der Waals surface area contributed by atoms with Gasteiger partial charge in [-0.25, -0.2) is 4.79 Å². The lowest BCUT2D eigenvalue weighted by Gasteiger charge is -1.95. The zero-order valence-corrected chi connectivity index (χ0v) is 6.09. The first-order valence-electron chi connectivity index (χ1n) is 3.04. The Labute approximate surface area is 63.4 Å². The largest absolute Gasteiger partial charge is 0.476 e. The quantitative estimate of drug-likeness (QED) is 0.524. The number of hydrogen-bond donors (Lipinski definition) is 2. The first-order chi connectivity index (χ1) is 5.07. The van der Waals surface area contributed by atoms with Crippen LogP contribution < -0.4 is 5.32 Å². The standard InChI is InChI=1S/C6H9NO4/c1-7-5(9)3-2-4(8)6(10)11/h2-3H2,1H3,(H,7,9)(H,10,11). The summed E-state index contributed by atoms with van der Waals surface area (Å²) in [6.45, 7) is 0. The van der Waals surface area contributed by atoms with Crippen molar-refractivity contribution in [2.75, 3.05) is 7.05 Å². The van der Waals surface area contributed by atoms with Crippen LogP contribution in [0.25, 0.3) is 0 Å². The summed E-state index contributed by atoms with van der Waals surface area (Å²) in [6.07, 6.45) is -0.309. The van der Waals surface area contributed by atoms with Gasteiger partial charge in [0.25, 0.3) is 0 Å². The van der Waals surface area contributed by atoms with Crippen LogP contribution in [0, 0.1) is 0 Å². The second-order valence-electron chi connectivity index (χ2n) is 1.90. The molecule has 0 saturated heterocycles. The average molecular weight is 159 g/mol. The van der Waals surface area contributed by atoms with Crippen molar-refractivity contribution in [1.29, 1.82) is 0 Å². The first-order valence-corrected chi connectivity index (χ1v) is 3.04. The van der Waals surface area contributed by atoms with Gasteiger partial charge in [-0.1, -0.05) is 0 Å². The normalized spacial score (nSPS) is 8.82. The minimum absolute atomic E-state index is 0.0678. The molecule has 0 saturated carbocycles. The first kappa shape index (κ1) is 9.61. The second kappa shape index (κ2) is 4.43. The molecule has 2 N–H and O–H groups in total. The molecule has 0 atom stereocenters. The van der Waals surface area contributed by atoms with Crippen LogP contribution >= 0.6 is 0 Å². The minimum atomic E-state index is -1.49. The Morgan fingerprint density at radius 2 is 1.82 bits per heavy atom. The van der Waals surface area contributed by atoms with Gasteiger partial charge in [-0.15, -0.1) is 0 Å². The maximum atomic E-state index is 10.5. The highest BCUT2D eigenvalue weighted by atomic mass is 16.4. The number of carbonyl (C=O) groups excluding carboxylic acids is 2. The summed E-state index contributed by atoms with van der Waals surface area (Å²) in [6, 6.07) is 0. The molecule has 11 heavy (non-hydrogen) atoms. The lowest BCUT2D eigenvalue weighted by Crippen LogP contribution is -2.20. The van der Waals surface area contributed by atoms with E-state index < -0.39 is 11.8 Å². The number of ketones is 1. The number of carboxylic acids is 1. The monoisotopic (exact) mass is 159 g/mol. The smallest absolute Gasteiger partial charge is 0.372 e. The number of rotatable bonds is 4. The Bertz CT molecular complexity index is 187. The number of aliphatic carboxylic acids is 1. The molecule has 1 amide bonds. The lowest BCUT2D eigenvalue weighted by atomic mass is 10.2. The van der Waals surface area contributed by atoms with Gasteiger partial charge in [0, 0.05) is 19.9 Å². The van der Waals surface area contributed by atoms with Crippen LogP contribution in [0.15, 0.2) is 0 Å². The number of nitrogens with one attached hydrogen (secondary N) is 1. The van der Waals surface area contributed by atoms with E-state index in [1.807, 2.05) is 0 Å². The third-order valence-corrected chi connectivity index (χ3v) is 1.10. The van der Waals surface area contributed by atoms with Gasteiger partial charge < -0.3 is 10.4 Å². The van der Waals surface area contributed by atoms with Gasteiger partial charge in [0.1, 0.15) is 0 Å². The fourth-order valence-corrected chi connectivity index (χ4v) is 0.459. The van der Waals surface area contributed by atoms with Crippen molar-refractivity contribution in [3.8, 4) is 0 Å². The minimum Gasteiger partial charge on any atom is -0.476 e. The molecule has 0 radical (unpaired) electrons. The fourth-order valence-electron chi connectivity index (χ4n) is 0.459. The van der Waals surface area contributed by atoms with Crippen LogP contribution in [0.2, 0.25) is 0 Å². The molecular weight excluding hydrogens is 150 g/mol. The highest BCUT2D eigenvalue weighted by Gasteiger charge is 2.12. The third-order valence-electron chi connectivity index (χ3n) is 1.10. The summed E-state index contributed by atoms with van der Waals surface area (Å²) in [5.41, 5.74) is 0. The summed E-state index contributed by atoms with van der Waals surface area (Å²) in [7, 11) is 1.42. The van der Waals surface area contributed by atoms with E-state index >= 15 is 0 Å². The Hall–Kier alpha value is -1.39. The molecule has 0 rings (SSSR count). The van der Waals surface area contributed by atoms with Gasteiger partial charge in [-0.2, -0.15) is 0 Å². The summed E-state index contributed by atoms with van der Waals surface area (Å²) < 4.78 is 0. The Kier molecular flexibility index (Phi) is 3.87. The maximum Gasteiger partial charge on any atom is 0.372 e. The molecule has 5 nitrogen and oxygen atoms in total. The fraction of sp³-hybridized carbons (Fsp3) is 0.500. The summed E-state index contributed by atoms with van der Waals surface area (Å²) in [5.74, 6) is -2.76. The van der Waals surface area contributed by atoms with Crippen molar-refractivity contribution < 1.29 is 19.5 Å². The van der Waals surface area contributed by atoms with E-state index in [0.717, 1.165) is 0 Å². The SMILES string of the molecule is CNC(=O)CCC(=O)C(=O)O. The molecule has 0 aliphatic heterocycles. The molecule has 0 fully saturated rings. The zero-order chi connectivity index (χ0) is 8.85. The van der Waals surface area contributed by atoms with Crippen molar-refractivity contribution in [1.82, 2.24) is 5.32 Å². The lowest BCUT2D eigenvalue weighted by molar-refractivity contribution is -0.149. The number of hydrogen-bond acceptors (Lipinski definition) is 3. The molecule has 0 aromatic heterocycles. The molecule has 0 aliphatic rings. The molecule has 0 aliphatic carbocycles. The van der Waals surface area contributed by atoms with Gasteiger partial charge in [0.2, 0.25) is 11.7 Å². The van der Waals surface area contributed by atoms with Crippen molar-refractivity contribution >= 4 is 17.7 Å². The molecule has 5 heteroatoms. The Balaban J connectivity index is 3.63. The van der Waals surface area contributed by atoms with Crippen LogP contribution in [-0.4, -0.2) is 29.8 Å². The van der Waals surface area contributed by atoms with Crippen molar-refractivity contribution in [3.05, 3.63) is 0 Å². The van der Waals surface area contributed by atoms with Gasteiger partial charge in [-0.05, 0) is 0 Å². The van der Waals surface area contributed by atoms with E-state index in [2.05, 4.69) is 5.32 Å².